The van der Waals surface area contributed by atoms with Gasteiger partial charge in [-0.3, -0.25) is 0 Å². The third-order valence-corrected chi connectivity index (χ3v) is 6.80. The first-order chi connectivity index (χ1) is 14.6. The number of aromatic nitrogens is 2. The molecule has 3 aromatic carbocycles. The fourth-order valence-electron chi connectivity index (χ4n) is 3.36. The molecule has 30 heavy (non-hydrogen) atoms. The van der Waals surface area contributed by atoms with Crippen molar-refractivity contribution in [3.8, 4) is 24.3 Å². The average Bonchev–Trinajstić information content (AvgIpc) is 3.35. The molecule has 0 saturated heterocycles. The maximum atomic E-state index is 9.12. The van der Waals surface area contributed by atoms with Crippen molar-refractivity contribution in [2.24, 2.45) is 0 Å². The molecular formula is C22H6N6S2. The molecule has 0 bridgehead atoms. The van der Waals surface area contributed by atoms with Crippen LogP contribution in [0.15, 0.2) is 36.4 Å². The van der Waals surface area contributed by atoms with Crippen LogP contribution in [0.25, 0.3) is 53.1 Å². The normalized spacial score (nSPS) is 10.5. The highest BCUT2D eigenvalue weighted by Gasteiger charge is 2.10. The minimum atomic E-state index is 0.00560. The number of nitriles is 4. The van der Waals surface area contributed by atoms with E-state index in [2.05, 4.69) is 9.97 Å². The van der Waals surface area contributed by atoms with Crippen molar-refractivity contribution in [3.63, 3.8) is 0 Å². The van der Waals surface area contributed by atoms with E-state index in [1.807, 2.05) is 60.7 Å². The van der Waals surface area contributed by atoms with Crippen LogP contribution >= 0.6 is 22.7 Å². The van der Waals surface area contributed by atoms with Crippen LogP contribution in [0.3, 0.4) is 0 Å². The summed E-state index contributed by atoms with van der Waals surface area (Å²) in [7, 11) is 0. The minimum absolute atomic E-state index is 0.00560. The van der Waals surface area contributed by atoms with E-state index in [1.165, 1.54) is 22.7 Å². The third-order valence-electron chi connectivity index (χ3n) is 4.73. The Bertz CT molecular complexity index is 1680. The van der Waals surface area contributed by atoms with Crippen LogP contribution in [0.4, 0.5) is 0 Å². The predicted molar refractivity (Wildman–Crippen MR) is 116 cm³/mol. The second-order valence-corrected chi connectivity index (χ2v) is 8.44. The maximum absolute atomic E-state index is 9.12. The Kier molecular flexibility index (Phi) is 3.91. The Hall–Kier alpha value is -4.34. The molecule has 136 valence electrons. The van der Waals surface area contributed by atoms with Gasteiger partial charge in [0, 0.05) is 0 Å². The van der Waals surface area contributed by atoms with Crippen molar-refractivity contribution >= 4 is 75.8 Å². The first-order valence-corrected chi connectivity index (χ1v) is 10.2. The molecule has 5 aromatic rings. The lowest BCUT2D eigenvalue weighted by atomic mass is 10.0. The van der Waals surface area contributed by atoms with Crippen LogP contribution in [0.1, 0.15) is 0 Å². The Morgan fingerprint density at radius 1 is 0.633 bits per heavy atom. The summed E-state index contributed by atoms with van der Waals surface area (Å²) in [5.74, 6) is 0. The van der Waals surface area contributed by atoms with Gasteiger partial charge in [0.2, 0.25) is 0 Å². The highest BCUT2D eigenvalue weighted by atomic mass is 32.1. The summed E-state index contributed by atoms with van der Waals surface area (Å²) in [6.45, 7) is 0. The van der Waals surface area contributed by atoms with E-state index in [9.17, 15) is 0 Å². The predicted octanol–water partition coefficient (Wildman–Crippen LogP) is 3.61. The van der Waals surface area contributed by atoms with Gasteiger partial charge in [-0.05, 0) is 45.8 Å². The molecule has 5 rings (SSSR count). The van der Waals surface area contributed by atoms with Crippen LogP contribution in [0, 0.1) is 45.3 Å². The Balaban J connectivity index is 1.88. The number of thiazole rings is 2. The molecule has 0 N–H and O–H groups in total. The second kappa shape index (κ2) is 6.62. The van der Waals surface area contributed by atoms with Crippen molar-refractivity contribution in [2.75, 3.05) is 0 Å². The topological polar surface area (TPSA) is 121 Å². The van der Waals surface area contributed by atoms with Crippen molar-refractivity contribution in [1.29, 1.82) is 21.0 Å². The lowest BCUT2D eigenvalue weighted by molar-refractivity contribution is 1.40. The van der Waals surface area contributed by atoms with E-state index in [0.29, 0.717) is 9.33 Å². The van der Waals surface area contributed by atoms with E-state index in [-0.39, 0.29) is 11.1 Å². The number of hydrogen-bond acceptors (Lipinski definition) is 8. The van der Waals surface area contributed by atoms with Crippen molar-refractivity contribution < 1.29 is 0 Å². The standard InChI is InChI=1S/C22H6N6S2/c23-7-13(8-24)21-27-17-3-11-1-2-12-4-18-20(30-22(28-18)14(9-25)10-26)6-16(12)15(11)5-19(17)29-21/h1-6H. The highest BCUT2D eigenvalue weighted by Crippen LogP contribution is 2.32. The van der Waals surface area contributed by atoms with Crippen LogP contribution in [0.2, 0.25) is 0 Å². The van der Waals surface area contributed by atoms with Crippen molar-refractivity contribution in [3.05, 3.63) is 45.7 Å². The molecule has 0 aliphatic carbocycles. The van der Waals surface area contributed by atoms with Gasteiger partial charge in [-0.2, -0.15) is 21.0 Å². The molecule has 0 fully saturated rings. The van der Waals surface area contributed by atoms with Crippen molar-refractivity contribution in [2.45, 2.75) is 0 Å². The first kappa shape index (κ1) is 17.7. The van der Waals surface area contributed by atoms with Crippen molar-refractivity contribution in [1.82, 2.24) is 9.97 Å². The third kappa shape index (κ3) is 2.58. The summed E-state index contributed by atoms with van der Waals surface area (Å²) in [4.78, 5) is 8.88. The molecule has 0 spiro atoms. The zero-order valence-corrected chi connectivity index (χ0v) is 16.6. The van der Waals surface area contributed by atoms with Gasteiger partial charge < -0.3 is 0 Å². The van der Waals surface area contributed by atoms with Gasteiger partial charge in [0.25, 0.3) is 0 Å². The molecule has 0 atom stereocenters. The van der Waals surface area contributed by atoms with E-state index < -0.39 is 0 Å². The summed E-state index contributed by atoms with van der Waals surface area (Å²) in [5.41, 5.74) is 1.50. The number of hydrogen-bond donors (Lipinski definition) is 0. The van der Waals surface area contributed by atoms with Gasteiger partial charge in [-0.1, -0.05) is 12.1 Å². The SMILES string of the molecule is N#CC(C#N)=c1nc2cc3ccc4cc5nc(=C(C#N)C#N)sc5cc4c3cc2s1. The van der Waals surface area contributed by atoms with Crippen LogP contribution in [-0.2, 0) is 0 Å². The number of nitrogens with zero attached hydrogens (tertiary/aromatic N) is 6. The van der Waals surface area contributed by atoms with E-state index >= 15 is 0 Å². The molecule has 0 unspecified atom stereocenters. The molecule has 6 nitrogen and oxygen atoms in total. The van der Waals surface area contributed by atoms with Crippen LogP contribution in [-0.4, -0.2) is 9.97 Å². The lowest BCUT2D eigenvalue weighted by Gasteiger charge is -2.04. The Labute approximate surface area is 176 Å². The number of benzene rings is 3. The second-order valence-electron chi connectivity index (χ2n) is 6.38. The minimum Gasteiger partial charge on any atom is -0.234 e. The number of rotatable bonds is 0. The summed E-state index contributed by atoms with van der Waals surface area (Å²) in [6, 6.07) is 19.5. The van der Waals surface area contributed by atoms with Crippen LogP contribution < -0.4 is 9.33 Å². The molecule has 2 aromatic heterocycles. The maximum Gasteiger partial charge on any atom is 0.165 e. The fraction of sp³-hybridized carbons (Fsp3) is 0. The smallest absolute Gasteiger partial charge is 0.165 e. The Morgan fingerprint density at radius 2 is 1.03 bits per heavy atom. The average molecular weight is 418 g/mol. The Morgan fingerprint density at radius 3 is 1.40 bits per heavy atom. The molecule has 8 heteroatoms. The van der Waals surface area contributed by atoms with Gasteiger partial charge in [-0.25, -0.2) is 9.97 Å². The molecule has 2 heterocycles. The van der Waals surface area contributed by atoms with E-state index in [4.69, 9.17) is 21.0 Å². The summed E-state index contributed by atoms with van der Waals surface area (Å²) in [5, 5.41) is 40.5. The first-order valence-electron chi connectivity index (χ1n) is 8.58. The van der Waals surface area contributed by atoms with E-state index in [1.54, 1.807) is 0 Å². The molecule has 0 radical (unpaired) electrons. The van der Waals surface area contributed by atoms with Gasteiger partial charge in [0.15, 0.2) is 11.1 Å². The summed E-state index contributed by atoms with van der Waals surface area (Å²) >= 11 is 2.63. The van der Waals surface area contributed by atoms with Gasteiger partial charge in [0.05, 0.1) is 20.4 Å². The molecule has 0 saturated carbocycles. The van der Waals surface area contributed by atoms with E-state index in [0.717, 1.165) is 42.0 Å². The number of fused-ring (bicyclic) bond motifs is 5. The quantitative estimate of drug-likeness (QED) is 0.354. The van der Waals surface area contributed by atoms with Gasteiger partial charge in [0.1, 0.15) is 33.6 Å². The molecule has 0 amide bonds. The van der Waals surface area contributed by atoms with Crippen LogP contribution in [0.5, 0.6) is 0 Å². The highest BCUT2D eigenvalue weighted by molar-refractivity contribution is 7.17. The zero-order chi connectivity index (χ0) is 20.8. The largest absolute Gasteiger partial charge is 0.234 e. The monoisotopic (exact) mass is 418 g/mol. The molecule has 0 aliphatic heterocycles. The molecule has 0 aliphatic rings. The summed E-state index contributed by atoms with van der Waals surface area (Å²) in [6.07, 6.45) is 0. The molecular weight excluding hydrogens is 412 g/mol. The van der Waals surface area contributed by atoms with Gasteiger partial charge in [-0.15, -0.1) is 22.7 Å². The lowest BCUT2D eigenvalue weighted by Crippen LogP contribution is -2.00. The van der Waals surface area contributed by atoms with Gasteiger partial charge >= 0.3 is 0 Å². The summed E-state index contributed by atoms with van der Waals surface area (Å²) < 4.78 is 2.62. The fourth-order valence-corrected chi connectivity index (χ4v) is 5.22. The zero-order valence-electron chi connectivity index (χ0n) is 15.0.